The van der Waals surface area contributed by atoms with Crippen LogP contribution in [0.4, 0.5) is 0 Å². The lowest BCUT2D eigenvalue weighted by Gasteiger charge is -2.31. The fourth-order valence-electron chi connectivity index (χ4n) is 2.47. The van der Waals surface area contributed by atoms with E-state index < -0.39 is 0 Å². The number of nitrogens with zero attached hydrogens (tertiary/aromatic N) is 1. The molecule has 1 aromatic heterocycles. The molecule has 1 fully saturated rings. The number of nitrogens with two attached hydrogens (primary N) is 1. The van der Waals surface area contributed by atoms with Crippen molar-refractivity contribution in [3.05, 3.63) is 21.3 Å². The largest absolute Gasteiger partial charge is 0.377 e. The Balaban J connectivity index is 2.03. The first kappa shape index (κ1) is 14.3. The van der Waals surface area contributed by atoms with E-state index in [-0.39, 0.29) is 6.04 Å². The van der Waals surface area contributed by atoms with E-state index in [1.165, 1.54) is 17.7 Å². The van der Waals surface area contributed by atoms with Crippen molar-refractivity contribution in [1.29, 1.82) is 0 Å². The Labute approximate surface area is 118 Å². The molecule has 2 unspecified atom stereocenters. The Morgan fingerprint density at radius 3 is 3.00 bits per heavy atom. The van der Waals surface area contributed by atoms with Crippen molar-refractivity contribution >= 4 is 22.9 Å². The zero-order valence-electron chi connectivity index (χ0n) is 10.8. The molecule has 2 atom stereocenters. The molecule has 2 N–H and O–H groups in total. The highest BCUT2D eigenvalue weighted by Gasteiger charge is 2.24. The number of hydrogen-bond acceptors (Lipinski definition) is 4. The summed E-state index contributed by atoms with van der Waals surface area (Å²) in [5.74, 6) is 0. The van der Waals surface area contributed by atoms with Crippen LogP contribution in [0.1, 0.15) is 30.7 Å². The average Bonchev–Trinajstić information content (AvgIpc) is 3.01. The summed E-state index contributed by atoms with van der Waals surface area (Å²) in [6, 6.07) is 2.29. The first-order valence-corrected chi connectivity index (χ1v) is 7.80. The van der Waals surface area contributed by atoms with Gasteiger partial charge in [0.2, 0.25) is 0 Å². The third kappa shape index (κ3) is 3.45. The van der Waals surface area contributed by atoms with Gasteiger partial charge in [0.25, 0.3) is 0 Å². The molecule has 0 amide bonds. The van der Waals surface area contributed by atoms with Crippen LogP contribution in [0.3, 0.4) is 0 Å². The van der Waals surface area contributed by atoms with Gasteiger partial charge in [-0.2, -0.15) is 0 Å². The van der Waals surface area contributed by atoms with Crippen molar-refractivity contribution in [3.8, 4) is 0 Å². The van der Waals surface area contributed by atoms with Crippen LogP contribution >= 0.6 is 22.9 Å². The monoisotopic (exact) mass is 288 g/mol. The summed E-state index contributed by atoms with van der Waals surface area (Å²) in [5, 5.41) is 2.78. The van der Waals surface area contributed by atoms with Crippen LogP contribution in [-0.4, -0.2) is 37.2 Å². The van der Waals surface area contributed by atoms with Gasteiger partial charge in [-0.05, 0) is 25.5 Å². The van der Waals surface area contributed by atoms with E-state index in [0.29, 0.717) is 12.6 Å². The molecule has 3 nitrogen and oxygen atoms in total. The summed E-state index contributed by atoms with van der Waals surface area (Å²) in [7, 11) is 0. The lowest BCUT2D eigenvalue weighted by Crippen LogP contribution is -2.38. The lowest BCUT2D eigenvalue weighted by molar-refractivity contribution is 0.0607. The average molecular weight is 289 g/mol. The molecule has 18 heavy (non-hydrogen) atoms. The van der Waals surface area contributed by atoms with E-state index in [1.54, 1.807) is 11.3 Å². The molecule has 1 saturated heterocycles. The molecule has 0 bridgehead atoms. The highest BCUT2D eigenvalue weighted by Crippen LogP contribution is 2.29. The maximum atomic E-state index is 6.01. The van der Waals surface area contributed by atoms with E-state index in [1.807, 2.05) is 11.4 Å². The van der Waals surface area contributed by atoms with E-state index in [4.69, 9.17) is 22.1 Å². The van der Waals surface area contributed by atoms with Gasteiger partial charge in [0.1, 0.15) is 0 Å². The van der Waals surface area contributed by atoms with E-state index >= 15 is 0 Å². The van der Waals surface area contributed by atoms with Crippen molar-refractivity contribution in [2.45, 2.75) is 31.9 Å². The van der Waals surface area contributed by atoms with Crippen molar-refractivity contribution < 1.29 is 4.74 Å². The minimum atomic E-state index is 0.261. The summed E-state index contributed by atoms with van der Waals surface area (Å²) >= 11 is 7.70. The molecule has 0 spiro atoms. The van der Waals surface area contributed by atoms with Crippen LogP contribution in [0.25, 0.3) is 0 Å². The van der Waals surface area contributed by atoms with E-state index in [0.717, 1.165) is 24.7 Å². The van der Waals surface area contributed by atoms with Crippen LogP contribution in [0.2, 0.25) is 5.02 Å². The fraction of sp³-hybridized carbons (Fsp3) is 0.692. The van der Waals surface area contributed by atoms with Crippen molar-refractivity contribution in [2.75, 3.05) is 26.2 Å². The number of rotatable bonds is 6. The summed E-state index contributed by atoms with van der Waals surface area (Å²) in [6.45, 7) is 5.65. The maximum absolute atomic E-state index is 6.01. The number of halogens is 1. The quantitative estimate of drug-likeness (QED) is 0.875. The first-order chi connectivity index (χ1) is 8.74. The topological polar surface area (TPSA) is 38.5 Å². The molecule has 1 aliphatic heterocycles. The number of hydrogen-bond donors (Lipinski definition) is 1. The lowest BCUT2D eigenvalue weighted by atomic mass is 10.1. The Morgan fingerprint density at radius 2 is 2.50 bits per heavy atom. The SMILES string of the molecule is CCN(CC1CCCO1)C(CN)c1cc(Cl)cs1. The fourth-order valence-corrected chi connectivity index (χ4v) is 3.70. The molecular formula is C13H21ClN2OS. The third-order valence-corrected chi connectivity index (χ3v) is 4.83. The Bertz CT molecular complexity index is 366. The first-order valence-electron chi connectivity index (χ1n) is 6.54. The summed E-state index contributed by atoms with van der Waals surface area (Å²) in [4.78, 5) is 3.65. The van der Waals surface area contributed by atoms with E-state index in [2.05, 4.69) is 11.8 Å². The second kappa shape index (κ2) is 6.87. The molecule has 0 radical (unpaired) electrons. The van der Waals surface area contributed by atoms with Crippen LogP contribution in [0.5, 0.6) is 0 Å². The van der Waals surface area contributed by atoms with Crippen LogP contribution < -0.4 is 5.73 Å². The highest BCUT2D eigenvalue weighted by molar-refractivity contribution is 7.10. The smallest absolute Gasteiger partial charge is 0.0703 e. The Morgan fingerprint density at radius 1 is 1.67 bits per heavy atom. The van der Waals surface area contributed by atoms with Gasteiger partial charge in [-0.15, -0.1) is 11.3 Å². The summed E-state index contributed by atoms with van der Waals surface area (Å²) in [6.07, 6.45) is 2.72. The highest BCUT2D eigenvalue weighted by atomic mass is 35.5. The van der Waals surface area contributed by atoms with Gasteiger partial charge >= 0.3 is 0 Å². The third-order valence-electron chi connectivity index (χ3n) is 3.45. The predicted molar refractivity (Wildman–Crippen MR) is 77.3 cm³/mol. The molecule has 0 aliphatic carbocycles. The molecule has 0 saturated carbocycles. The minimum absolute atomic E-state index is 0.261. The Kier molecular flexibility index (Phi) is 5.45. The maximum Gasteiger partial charge on any atom is 0.0703 e. The zero-order valence-corrected chi connectivity index (χ0v) is 12.3. The van der Waals surface area contributed by atoms with E-state index in [9.17, 15) is 0 Å². The standard InChI is InChI=1S/C13H21ClN2OS/c1-2-16(8-11-4-3-5-17-11)12(7-15)13-6-10(14)9-18-13/h6,9,11-12H,2-5,7-8,15H2,1H3. The van der Waals surface area contributed by atoms with Gasteiger partial charge in [0.15, 0.2) is 0 Å². The summed E-state index contributed by atoms with van der Waals surface area (Å²) < 4.78 is 5.72. The molecule has 102 valence electrons. The predicted octanol–water partition coefficient (Wildman–Crippen LogP) is 2.90. The van der Waals surface area contributed by atoms with Gasteiger partial charge in [-0.25, -0.2) is 0 Å². The van der Waals surface area contributed by atoms with Crippen molar-refractivity contribution in [3.63, 3.8) is 0 Å². The van der Waals surface area contributed by atoms with Crippen LogP contribution in [0, 0.1) is 0 Å². The minimum Gasteiger partial charge on any atom is -0.377 e. The number of thiophene rings is 1. The second-order valence-corrected chi connectivity index (χ2v) is 6.02. The van der Waals surface area contributed by atoms with Gasteiger partial charge in [0, 0.05) is 30.0 Å². The molecule has 1 aromatic rings. The van der Waals surface area contributed by atoms with Gasteiger partial charge in [-0.3, -0.25) is 4.90 Å². The van der Waals surface area contributed by atoms with Crippen molar-refractivity contribution in [2.24, 2.45) is 5.73 Å². The molecular weight excluding hydrogens is 268 g/mol. The molecule has 2 heterocycles. The molecule has 2 rings (SSSR count). The van der Waals surface area contributed by atoms with Gasteiger partial charge in [-0.1, -0.05) is 18.5 Å². The normalized spacial score (nSPS) is 21.7. The number of ether oxygens (including phenoxy) is 1. The zero-order chi connectivity index (χ0) is 13.0. The van der Waals surface area contributed by atoms with Gasteiger partial charge in [0.05, 0.1) is 17.2 Å². The van der Waals surface area contributed by atoms with Gasteiger partial charge < -0.3 is 10.5 Å². The molecule has 0 aromatic carbocycles. The summed E-state index contributed by atoms with van der Waals surface area (Å²) in [5.41, 5.74) is 5.95. The Hall–Kier alpha value is -0.130. The van der Waals surface area contributed by atoms with Crippen molar-refractivity contribution in [1.82, 2.24) is 4.90 Å². The van der Waals surface area contributed by atoms with Crippen LogP contribution in [0.15, 0.2) is 11.4 Å². The molecule has 1 aliphatic rings. The molecule has 5 heteroatoms. The van der Waals surface area contributed by atoms with Crippen LogP contribution in [-0.2, 0) is 4.74 Å². The number of likely N-dealkylation sites (N-methyl/N-ethyl adjacent to an activating group) is 1. The second-order valence-electron chi connectivity index (χ2n) is 4.64.